The highest BCUT2D eigenvalue weighted by Crippen LogP contribution is 2.12. The van der Waals surface area contributed by atoms with Gasteiger partial charge in [0.2, 0.25) is 0 Å². The van der Waals surface area contributed by atoms with Crippen LogP contribution in [0.15, 0.2) is 24.3 Å². The second-order valence-electron chi connectivity index (χ2n) is 5.73. The predicted octanol–water partition coefficient (Wildman–Crippen LogP) is 2.11. The quantitative estimate of drug-likeness (QED) is 0.805. The van der Waals surface area contributed by atoms with Gasteiger partial charge in [-0.2, -0.15) is 0 Å². The van der Waals surface area contributed by atoms with E-state index in [-0.39, 0.29) is 11.9 Å². The fraction of sp³-hybridized carbons (Fsp3) is 0.625. The predicted molar refractivity (Wildman–Crippen MR) is 81.4 cm³/mol. The normalized spacial score (nSPS) is 19.1. The fourth-order valence-corrected chi connectivity index (χ4v) is 2.56. The maximum absolute atomic E-state index is 12.9. The van der Waals surface area contributed by atoms with E-state index in [1.54, 1.807) is 0 Å². The van der Waals surface area contributed by atoms with Gasteiger partial charge in [-0.25, -0.2) is 4.39 Å². The van der Waals surface area contributed by atoms with E-state index in [2.05, 4.69) is 29.1 Å². The van der Waals surface area contributed by atoms with Crippen LogP contribution in [0, 0.1) is 5.82 Å². The molecule has 2 rings (SSSR count). The number of hydrogen-bond donors (Lipinski definition) is 1. The average molecular weight is 279 g/mol. The highest BCUT2D eigenvalue weighted by atomic mass is 19.1. The first kappa shape index (κ1) is 15.4. The molecule has 1 fully saturated rings. The van der Waals surface area contributed by atoms with Crippen molar-refractivity contribution in [3.05, 3.63) is 35.6 Å². The highest BCUT2D eigenvalue weighted by molar-refractivity contribution is 5.19. The summed E-state index contributed by atoms with van der Waals surface area (Å²) < 4.78 is 12.9. The maximum Gasteiger partial charge on any atom is 0.123 e. The van der Waals surface area contributed by atoms with E-state index >= 15 is 0 Å². The SMILES string of the molecule is CC(NCCCN1CCN(C)CC1)c1ccc(F)cc1. The van der Waals surface area contributed by atoms with Gasteiger partial charge in [0.15, 0.2) is 0 Å². The molecule has 1 aromatic rings. The number of nitrogens with zero attached hydrogens (tertiary/aromatic N) is 2. The molecule has 20 heavy (non-hydrogen) atoms. The van der Waals surface area contributed by atoms with Gasteiger partial charge < -0.3 is 15.1 Å². The molecule has 0 aromatic heterocycles. The third-order valence-electron chi connectivity index (χ3n) is 4.07. The molecule has 4 heteroatoms. The van der Waals surface area contributed by atoms with Crippen LogP contribution in [0.4, 0.5) is 4.39 Å². The van der Waals surface area contributed by atoms with Crippen LogP contribution in [0.3, 0.4) is 0 Å². The van der Waals surface area contributed by atoms with Crippen molar-refractivity contribution in [2.45, 2.75) is 19.4 Å². The van der Waals surface area contributed by atoms with E-state index in [1.165, 1.54) is 38.3 Å². The molecule has 1 heterocycles. The smallest absolute Gasteiger partial charge is 0.123 e. The van der Waals surface area contributed by atoms with Gasteiger partial charge in [0.1, 0.15) is 5.82 Å². The number of hydrogen-bond acceptors (Lipinski definition) is 3. The summed E-state index contributed by atoms with van der Waals surface area (Å²) in [5, 5.41) is 3.51. The summed E-state index contributed by atoms with van der Waals surface area (Å²) in [5.74, 6) is -0.170. The Morgan fingerprint density at radius 3 is 2.45 bits per heavy atom. The maximum atomic E-state index is 12.9. The van der Waals surface area contributed by atoms with E-state index in [9.17, 15) is 4.39 Å². The van der Waals surface area contributed by atoms with Crippen LogP contribution in [0.2, 0.25) is 0 Å². The van der Waals surface area contributed by atoms with E-state index in [4.69, 9.17) is 0 Å². The Morgan fingerprint density at radius 2 is 1.80 bits per heavy atom. The molecule has 1 atom stereocenters. The van der Waals surface area contributed by atoms with Crippen molar-refractivity contribution in [1.29, 1.82) is 0 Å². The van der Waals surface area contributed by atoms with E-state index < -0.39 is 0 Å². The molecular formula is C16H26FN3. The molecule has 0 amide bonds. The van der Waals surface area contributed by atoms with Crippen molar-refractivity contribution in [3.63, 3.8) is 0 Å². The monoisotopic (exact) mass is 279 g/mol. The summed E-state index contributed by atoms with van der Waals surface area (Å²) in [7, 11) is 2.18. The van der Waals surface area contributed by atoms with Crippen molar-refractivity contribution in [2.24, 2.45) is 0 Å². The molecule has 0 radical (unpaired) electrons. The van der Waals surface area contributed by atoms with Crippen LogP contribution >= 0.6 is 0 Å². The second kappa shape index (κ2) is 7.72. The molecule has 1 aromatic carbocycles. The van der Waals surface area contributed by atoms with Crippen LogP contribution < -0.4 is 5.32 Å². The van der Waals surface area contributed by atoms with Crippen molar-refractivity contribution >= 4 is 0 Å². The summed E-state index contributed by atoms with van der Waals surface area (Å²) >= 11 is 0. The number of likely N-dealkylation sites (N-methyl/N-ethyl adjacent to an activating group) is 1. The Hall–Kier alpha value is -0.970. The van der Waals surface area contributed by atoms with Gasteiger partial charge in [-0.3, -0.25) is 0 Å². The molecule has 3 nitrogen and oxygen atoms in total. The summed E-state index contributed by atoms with van der Waals surface area (Å²) in [4.78, 5) is 4.91. The van der Waals surface area contributed by atoms with Gasteiger partial charge in [-0.15, -0.1) is 0 Å². The van der Waals surface area contributed by atoms with Gasteiger partial charge >= 0.3 is 0 Å². The molecule has 0 spiro atoms. The van der Waals surface area contributed by atoms with E-state index in [0.29, 0.717) is 0 Å². The van der Waals surface area contributed by atoms with Crippen LogP contribution in [0.25, 0.3) is 0 Å². The Bertz CT molecular complexity index is 385. The zero-order valence-electron chi connectivity index (χ0n) is 12.6. The molecular weight excluding hydrogens is 253 g/mol. The third-order valence-corrected chi connectivity index (χ3v) is 4.07. The van der Waals surface area contributed by atoms with Crippen LogP contribution in [-0.2, 0) is 0 Å². The number of nitrogens with one attached hydrogen (secondary N) is 1. The average Bonchev–Trinajstić information content (AvgIpc) is 2.46. The molecule has 1 N–H and O–H groups in total. The Balaban J connectivity index is 1.62. The number of benzene rings is 1. The number of halogens is 1. The van der Waals surface area contributed by atoms with Crippen LogP contribution in [0.5, 0.6) is 0 Å². The molecule has 0 saturated carbocycles. The zero-order valence-corrected chi connectivity index (χ0v) is 12.6. The fourth-order valence-electron chi connectivity index (χ4n) is 2.56. The first-order valence-corrected chi connectivity index (χ1v) is 7.55. The number of rotatable bonds is 6. The molecule has 1 aliphatic heterocycles. The van der Waals surface area contributed by atoms with E-state index in [0.717, 1.165) is 25.1 Å². The summed E-state index contributed by atoms with van der Waals surface area (Å²) in [6, 6.07) is 7.04. The lowest BCUT2D eigenvalue weighted by Crippen LogP contribution is -2.45. The molecule has 112 valence electrons. The minimum Gasteiger partial charge on any atom is -0.310 e. The highest BCUT2D eigenvalue weighted by Gasteiger charge is 2.13. The zero-order chi connectivity index (χ0) is 14.4. The third kappa shape index (κ3) is 4.85. The van der Waals surface area contributed by atoms with Crippen molar-refractivity contribution in [3.8, 4) is 0 Å². The molecule has 1 unspecified atom stereocenters. The summed E-state index contributed by atoms with van der Waals surface area (Å²) in [5.41, 5.74) is 1.14. The molecule has 1 aliphatic rings. The topological polar surface area (TPSA) is 18.5 Å². The Kier molecular flexibility index (Phi) is 5.95. The number of piperazine rings is 1. The lowest BCUT2D eigenvalue weighted by molar-refractivity contribution is 0.152. The first-order chi connectivity index (χ1) is 9.65. The van der Waals surface area contributed by atoms with Gasteiger partial charge in [0.25, 0.3) is 0 Å². The van der Waals surface area contributed by atoms with Gasteiger partial charge in [-0.1, -0.05) is 12.1 Å². The van der Waals surface area contributed by atoms with Crippen molar-refractivity contribution in [2.75, 3.05) is 46.3 Å². The second-order valence-corrected chi connectivity index (χ2v) is 5.73. The van der Waals surface area contributed by atoms with Gasteiger partial charge in [0, 0.05) is 32.2 Å². The van der Waals surface area contributed by atoms with Crippen LogP contribution in [-0.4, -0.2) is 56.1 Å². The molecule has 0 aliphatic carbocycles. The van der Waals surface area contributed by atoms with Crippen molar-refractivity contribution in [1.82, 2.24) is 15.1 Å². The van der Waals surface area contributed by atoms with Gasteiger partial charge in [-0.05, 0) is 51.2 Å². The van der Waals surface area contributed by atoms with Crippen molar-refractivity contribution < 1.29 is 4.39 Å². The molecule has 0 bridgehead atoms. The first-order valence-electron chi connectivity index (χ1n) is 7.55. The summed E-state index contributed by atoms with van der Waals surface area (Å²) in [6.07, 6.45) is 1.16. The lowest BCUT2D eigenvalue weighted by Gasteiger charge is -2.32. The van der Waals surface area contributed by atoms with Gasteiger partial charge in [0.05, 0.1) is 0 Å². The molecule has 1 saturated heterocycles. The Labute approximate surface area is 121 Å². The largest absolute Gasteiger partial charge is 0.310 e. The standard InChI is InChI=1S/C16H26FN3/c1-14(15-4-6-16(17)7-5-15)18-8-3-9-20-12-10-19(2)11-13-20/h4-7,14,18H,3,8-13H2,1-2H3. The minimum absolute atomic E-state index is 0.170. The summed E-state index contributed by atoms with van der Waals surface area (Å²) in [6.45, 7) is 9.03. The Morgan fingerprint density at radius 1 is 1.15 bits per heavy atom. The lowest BCUT2D eigenvalue weighted by atomic mass is 10.1. The minimum atomic E-state index is -0.170. The van der Waals surface area contributed by atoms with Crippen LogP contribution in [0.1, 0.15) is 24.9 Å². The van der Waals surface area contributed by atoms with E-state index in [1.807, 2.05) is 12.1 Å².